The number of carbonyl (C=O) groups is 1. The molecule has 4 unspecified atom stereocenters. The van der Waals surface area contributed by atoms with E-state index in [9.17, 15) is 15.0 Å². The quantitative estimate of drug-likeness (QED) is 0.178. The third kappa shape index (κ3) is 6.24. The van der Waals surface area contributed by atoms with Crippen LogP contribution in [0.4, 0.5) is 0 Å². The molecule has 2 fully saturated rings. The Morgan fingerprint density at radius 1 is 0.816 bits per heavy atom. The van der Waals surface area contributed by atoms with E-state index in [-0.39, 0.29) is 18.2 Å². The minimum absolute atomic E-state index is 0.0799. The fourth-order valence-electron chi connectivity index (χ4n) is 8.92. The number of nitrogens with zero attached hydrogens (tertiary/aromatic N) is 2. The Hall–Kier alpha value is -4.17. The van der Waals surface area contributed by atoms with Crippen molar-refractivity contribution in [1.29, 1.82) is 0 Å². The Bertz CT molecular complexity index is 1650. The van der Waals surface area contributed by atoms with Crippen molar-refractivity contribution in [2.24, 2.45) is 11.8 Å². The third-order valence-corrected chi connectivity index (χ3v) is 11.8. The zero-order chi connectivity index (χ0) is 34.6. The van der Waals surface area contributed by atoms with Crippen LogP contribution in [-0.2, 0) is 22.4 Å². The highest BCUT2D eigenvalue weighted by Crippen LogP contribution is 2.60. The van der Waals surface area contributed by atoms with E-state index in [0.29, 0.717) is 36.6 Å². The lowest BCUT2D eigenvalue weighted by molar-refractivity contribution is -0.937. The molecule has 1 amide bonds. The normalized spacial score (nSPS) is 23.1. The summed E-state index contributed by atoms with van der Waals surface area (Å²) < 4.78 is 12.2. The summed E-state index contributed by atoms with van der Waals surface area (Å²) in [5.74, 6) is 0.422. The van der Waals surface area contributed by atoms with Crippen LogP contribution >= 0.6 is 0 Å². The largest absolute Gasteiger partial charge is 0.497 e. The van der Waals surface area contributed by atoms with Crippen LogP contribution in [0.3, 0.4) is 0 Å². The number of likely N-dealkylation sites (tertiary alicyclic amines) is 1. The van der Waals surface area contributed by atoms with Gasteiger partial charge in [0.25, 0.3) is 0 Å². The number of amides is 1. The van der Waals surface area contributed by atoms with Gasteiger partial charge in [-0.1, -0.05) is 91.0 Å². The topological polar surface area (TPSA) is 79.2 Å². The third-order valence-electron chi connectivity index (χ3n) is 11.8. The van der Waals surface area contributed by atoms with Gasteiger partial charge in [0.1, 0.15) is 23.6 Å². The number of aliphatic hydroxyl groups excluding tert-OH is 1. The second-order valence-electron chi connectivity index (χ2n) is 13.9. The maximum atomic E-state index is 14.4. The maximum Gasteiger partial charge on any atom is 0.228 e. The van der Waals surface area contributed by atoms with Crippen molar-refractivity contribution in [2.75, 3.05) is 46.9 Å². The van der Waals surface area contributed by atoms with Gasteiger partial charge in [-0.05, 0) is 55.5 Å². The highest BCUT2D eigenvalue weighted by atomic mass is 16.5. The summed E-state index contributed by atoms with van der Waals surface area (Å²) in [6.07, 6.45) is -0.495. The summed E-state index contributed by atoms with van der Waals surface area (Å²) in [6, 6.07) is 36.5. The van der Waals surface area contributed by atoms with Crippen LogP contribution in [0.2, 0.25) is 0 Å². The first kappa shape index (κ1) is 34.7. The number of hydrogen-bond donors (Lipinski definition) is 2. The predicted molar refractivity (Wildman–Crippen MR) is 192 cm³/mol. The van der Waals surface area contributed by atoms with Gasteiger partial charge < -0.3 is 29.1 Å². The average Bonchev–Trinajstić information content (AvgIpc) is 3.63. The molecular formula is C42H51N2O5+. The molecule has 6 rings (SSSR count). The van der Waals surface area contributed by atoms with Gasteiger partial charge in [-0.3, -0.25) is 4.79 Å². The molecule has 2 N–H and O–H groups in total. The molecule has 0 aromatic heterocycles. The number of benzene rings is 4. The molecule has 0 spiro atoms. The Balaban J connectivity index is 1.42. The number of methoxy groups -OCH3 is 2. The number of aliphatic hydroxyl groups is 2. The fourth-order valence-corrected chi connectivity index (χ4v) is 8.92. The van der Waals surface area contributed by atoms with Gasteiger partial charge in [0.05, 0.1) is 46.4 Å². The first-order valence-electron chi connectivity index (χ1n) is 17.7. The van der Waals surface area contributed by atoms with Crippen molar-refractivity contribution in [1.82, 2.24) is 4.90 Å². The van der Waals surface area contributed by atoms with E-state index in [0.717, 1.165) is 41.8 Å². The lowest BCUT2D eigenvalue weighted by Crippen LogP contribution is -2.60. The van der Waals surface area contributed by atoms with Gasteiger partial charge in [0.15, 0.2) is 0 Å². The average molecular weight is 664 g/mol. The first-order chi connectivity index (χ1) is 23.7. The van der Waals surface area contributed by atoms with Gasteiger partial charge >= 0.3 is 0 Å². The Morgan fingerprint density at radius 3 is 1.94 bits per heavy atom. The first-order valence-corrected chi connectivity index (χ1v) is 17.7. The molecule has 4 aromatic rings. The zero-order valence-corrected chi connectivity index (χ0v) is 29.3. The Morgan fingerprint density at radius 2 is 1.39 bits per heavy atom. The summed E-state index contributed by atoms with van der Waals surface area (Å²) in [6.45, 7) is 8.65. The van der Waals surface area contributed by atoms with Crippen LogP contribution in [0, 0.1) is 11.8 Å². The Kier molecular flexibility index (Phi) is 10.2. The molecule has 1 saturated heterocycles. The van der Waals surface area contributed by atoms with Crippen LogP contribution in [0.25, 0.3) is 0 Å². The summed E-state index contributed by atoms with van der Waals surface area (Å²) in [7, 11) is 3.16. The number of rotatable bonds is 12. The number of quaternary nitrogens is 1. The summed E-state index contributed by atoms with van der Waals surface area (Å²) in [4.78, 5) is 16.3. The van der Waals surface area contributed by atoms with Crippen LogP contribution in [-0.4, -0.2) is 78.6 Å². The zero-order valence-electron chi connectivity index (χ0n) is 29.3. The molecule has 258 valence electrons. The molecule has 4 aromatic carbocycles. The lowest BCUT2D eigenvalue weighted by Gasteiger charge is -2.55. The van der Waals surface area contributed by atoms with Crippen molar-refractivity contribution in [3.8, 4) is 11.5 Å². The summed E-state index contributed by atoms with van der Waals surface area (Å²) in [5.41, 5.74) is 1.54. The number of fused-ring (bicyclic) bond motifs is 1. The van der Waals surface area contributed by atoms with E-state index in [1.54, 1.807) is 32.4 Å². The van der Waals surface area contributed by atoms with E-state index in [1.165, 1.54) is 5.56 Å². The maximum absolute atomic E-state index is 14.4. The highest BCUT2D eigenvalue weighted by Gasteiger charge is 2.65. The molecule has 1 aliphatic heterocycles. The van der Waals surface area contributed by atoms with Crippen molar-refractivity contribution in [2.45, 2.75) is 50.4 Å². The predicted octanol–water partition coefficient (Wildman–Crippen LogP) is 6.16. The van der Waals surface area contributed by atoms with Crippen molar-refractivity contribution in [3.05, 3.63) is 131 Å². The molecule has 1 aliphatic carbocycles. The van der Waals surface area contributed by atoms with Crippen LogP contribution < -0.4 is 9.47 Å². The van der Waals surface area contributed by atoms with Gasteiger partial charge in [-0.25, -0.2) is 0 Å². The second-order valence-corrected chi connectivity index (χ2v) is 13.9. The SMILES string of the molecule is CC[N+](CC)(CCC(=O)N1CC2C(C1)C(O)(c1cc(OC)ccc1OC)C(O)CC2(c1ccccc1)c1ccccc1)Cc1ccccc1. The van der Waals surface area contributed by atoms with E-state index in [4.69, 9.17) is 9.47 Å². The lowest BCUT2D eigenvalue weighted by atomic mass is 9.51. The minimum Gasteiger partial charge on any atom is -0.497 e. The molecular weight excluding hydrogens is 612 g/mol. The van der Waals surface area contributed by atoms with Gasteiger partial charge in [0, 0.05) is 35.5 Å². The smallest absolute Gasteiger partial charge is 0.228 e. The fraction of sp³-hybridized carbons (Fsp3) is 0.405. The molecule has 1 heterocycles. The van der Waals surface area contributed by atoms with E-state index in [2.05, 4.69) is 62.4 Å². The standard InChI is InChI=1S/C42H51N2O5/c1-5-44(6-2,30-31-16-10-7-11-17-31)25-24-40(46)43-28-36-37(29-43)42(47,35-26-34(48-3)22-23-38(35)49-4)39(45)27-41(36,32-18-12-8-13-19-32)33-20-14-9-15-21-33/h7-23,26,36-37,39,45,47H,5-6,24-25,27-30H2,1-4H3/q+1. The minimum atomic E-state index is -1.70. The van der Waals surface area contributed by atoms with E-state index >= 15 is 0 Å². The monoisotopic (exact) mass is 663 g/mol. The molecule has 7 heteroatoms. The van der Waals surface area contributed by atoms with Crippen molar-refractivity contribution < 1.29 is 29.0 Å². The van der Waals surface area contributed by atoms with Crippen molar-refractivity contribution in [3.63, 3.8) is 0 Å². The highest BCUT2D eigenvalue weighted by molar-refractivity contribution is 5.77. The molecule has 2 aliphatic rings. The van der Waals surface area contributed by atoms with Gasteiger partial charge in [0.2, 0.25) is 5.91 Å². The van der Waals surface area contributed by atoms with E-state index < -0.39 is 23.0 Å². The van der Waals surface area contributed by atoms with E-state index in [1.807, 2.05) is 47.4 Å². The van der Waals surface area contributed by atoms with Crippen molar-refractivity contribution >= 4 is 5.91 Å². The second kappa shape index (κ2) is 14.4. The molecule has 49 heavy (non-hydrogen) atoms. The number of hydrogen-bond acceptors (Lipinski definition) is 5. The Labute approximate surface area is 291 Å². The summed E-state index contributed by atoms with van der Waals surface area (Å²) in [5, 5.41) is 25.4. The molecule has 0 bridgehead atoms. The van der Waals surface area contributed by atoms with Crippen LogP contribution in [0.1, 0.15) is 48.9 Å². The van der Waals surface area contributed by atoms with Gasteiger partial charge in [-0.2, -0.15) is 0 Å². The molecule has 4 atom stereocenters. The van der Waals surface area contributed by atoms with Gasteiger partial charge in [-0.15, -0.1) is 0 Å². The van der Waals surface area contributed by atoms with Crippen LogP contribution in [0.5, 0.6) is 11.5 Å². The molecule has 1 saturated carbocycles. The number of ether oxygens (including phenoxy) is 2. The number of carbonyl (C=O) groups excluding carboxylic acids is 1. The van der Waals surface area contributed by atoms with Crippen LogP contribution in [0.15, 0.2) is 109 Å². The molecule has 0 radical (unpaired) electrons. The molecule has 7 nitrogen and oxygen atoms in total. The summed E-state index contributed by atoms with van der Waals surface area (Å²) >= 11 is 0.